The van der Waals surface area contributed by atoms with Gasteiger partial charge in [-0.25, -0.2) is 4.79 Å². The highest BCUT2D eigenvalue weighted by Crippen LogP contribution is 2.32. The average molecular weight is 556 g/mol. The number of amides is 1. The summed E-state index contributed by atoms with van der Waals surface area (Å²) in [7, 11) is -4.67. The maximum atomic E-state index is 12.4. The number of hydrogen-bond acceptors (Lipinski definition) is 11. The summed E-state index contributed by atoms with van der Waals surface area (Å²) in [5.41, 5.74) is 6.81. The summed E-state index contributed by atoms with van der Waals surface area (Å²) in [6, 6.07) is 5.35. The number of nitrogens with zero attached hydrogens (tertiary/aromatic N) is 3. The fraction of sp³-hybridized carbons (Fsp3) is 0.350. The Bertz CT molecular complexity index is 1370. The van der Waals surface area contributed by atoms with Crippen LogP contribution in [-0.2, 0) is 20.0 Å². The lowest BCUT2D eigenvalue weighted by atomic mass is 10.1. The van der Waals surface area contributed by atoms with E-state index >= 15 is 0 Å². The van der Waals surface area contributed by atoms with E-state index in [1.807, 2.05) is 9.80 Å². The lowest BCUT2D eigenvalue weighted by molar-refractivity contribution is -0.140. The number of fused-ring (bicyclic) bond motifs is 3. The monoisotopic (exact) mass is 555 g/mol. The number of benzene rings is 1. The molecule has 18 heteroatoms. The van der Waals surface area contributed by atoms with Gasteiger partial charge in [0.05, 0.1) is 12.7 Å². The Morgan fingerprint density at radius 1 is 1.18 bits per heavy atom. The molecule has 1 fully saturated rings. The van der Waals surface area contributed by atoms with Crippen molar-refractivity contribution in [2.45, 2.75) is 24.9 Å². The fourth-order valence-electron chi connectivity index (χ4n) is 4.00. The van der Waals surface area contributed by atoms with Gasteiger partial charge in [-0.3, -0.25) is 28.5 Å². The molecule has 1 saturated heterocycles. The number of hydrogen-bond donors (Lipinski definition) is 8. The first kappa shape index (κ1) is 28.2. The van der Waals surface area contributed by atoms with E-state index in [2.05, 4.69) is 20.6 Å². The molecule has 3 heterocycles. The quantitative estimate of drug-likeness (QED) is 0.187. The number of aromatic nitrogens is 2. The van der Waals surface area contributed by atoms with Crippen molar-refractivity contribution in [2.75, 3.05) is 40.6 Å². The summed E-state index contributed by atoms with van der Waals surface area (Å²) < 4.78 is 31.6. The van der Waals surface area contributed by atoms with Crippen molar-refractivity contribution in [3.63, 3.8) is 0 Å². The van der Waals surface area contributed by atoms with Crippen LogP contribution in [0.4, 0.5) is 23.1 Å². The first-order valence-corrected chi connectivity index (χ1v) is 12.3. The van der Waals surface area contributed by atoms with Gasteiger partial charge in [0, 0.05) is 30.8 Å². The Kier molecular flexibility index (Phi) is 8.39. The van der Waals surface area contributed by atoms with Crippen LogP contribution in [-0.4, -0.2) is 87.4 Å². The van der Waals surface area contributed by atoms with Crippen molar-refractivity contribution in [1.82, 2.24) is 15.3 Å². The van der Waals surface area contributed by atoms with Crippen molar-refractivity contribution in [1.29, 1.82) is 0 Å². The minimum Gasteiger partial charge on any atom is -0.481 e. The van der Waals surface area contributed by atoms with E-state index in [0.717, 1.165) is 5.69 Å². The Labute approximate surface area is 214 Å². The predicted molar refractivity (Wildman–Crippen MR) is 133 cm³/mol. The maximum absolute atomic E-state index is 12.4. The zero-order valence-electron chi connectivity index (χ0n) is 19.6. The second-order valence-electron chi connectivity index (χ2n) is 8.31. The average Bonchev–Trinajstić information content (AvgIpc) is 3.24. The lowest BCUT2D eigenvalue weighted by Crippen LogP contribution is -2.44. The van der Waals surface area contributed by atoms with Gasteiger partial charge in [0.1, 0.15) is 11.7 Å². The van der Waals surface area contributed by atoms with Crippen molar-refractivity contribution in [3.05, 3.63) is 40.2 Å². The number of rotatable bonds is 7. The maximum Gasteiger partial charge on any atom is 0.394 e. The van der Waals surface area contributed by atoms with Crippen LogP contribution in [0.3, 0.4) is 0 Å². The van der Waals surface area contributed by atoms with Gasteiger partial charge in [0.15, 0.2) is 5.82 Å². The third-order valence-electron chi connectivity index (χ3n) is 5.65. The fourth-order valence-corrected chi connectivity index (χ4v) is 4.00. The molecule has 0 radical (unpaired) electrons. The molecule has 17 nitrogen and oxygen atoms in total. The van der Waals surface area contributed by atoms with Gasteiger partial charge in [0.2, 0.25) is 5.95 Å². The normalized spacial score (nSPS) is 16.7. The molecule has 0 aliphatic carbocycles. The van der Waals surface area contributed by atoms with Crippen LogP contribution in [0.2, 0.25) is 0 Å². The van der Waals surface area contributed by atoms with E-state index in [-0.39, 0.29) is 36.0 Å². The zero-order valence-corrected chi connectivity index (χ0v) is 20.4. The van der Waals surface area contributed by atoms with Gasteiger partial charge >= 0.3 is 22.3 Å². The van der Waals surface area contributed by atoms with Crippen LogP contribution in [0.25, 0.3) is 0 Å². The first-order chi connectivity index (χ1) is 17.7. The highest BCUT2D eigenvalue weighted by Gasteiger charge is 2.37. The van der Waals surface area contributed by atoms with Gasteiger partial charge in [-0.05, 0) is 30.7 Å². The summed E-state index contributed by atoms with van der Waals surface area (Å²) in [6.07, 6.45) is -0.583. The molecular formula is C20H25N7O10S. The SMILES string of the molecule is Nc1nc2c(c(=O)[nH]1)N1CN(c3ccc(C(=O)NC(CCC(=O)O)C(=O)O)cc3)C[C@@H]1CN2.O=S(=O)(O)O. The van der Waals surface area contributed by atoms with Gasteiger partial charge in [-0.2, -0.15) is 13.4 Å². The molecule has 4 rings (SSSR count). The number of carbonyl (C=O) groups excluding carboxylic acids is 1. The number of carboxylic acids is 2. The molecule has 2 atom stereocenters. The van der Waals surface area contributed by atoms with E-state index in [0.29, 0.717) is 31.3 Å². The second-order valence-corrected chi connectivity index (χ2v) is 9.20. The van der Waals surface area contributed by atoms with Crippen LogP contribution in [0.1, 0.15) is 23.2 Å². The van der Waals surface area contributed by atoms with E-state index in [4.69, 9.17) is 28.4 Å². The highest BCUT2D eigenvalue weighted by atomic mass is 32.3. The number of nitrogens with one attached hydrogen (secondary N) is 3. The number of carbonyl (C=O) groups is 3. The molecule has 0 spiro atoms. The largest absolute Gasteiger partial charge is 0.481 e. The molecule has 206 valence electrons. The van der Waals surface area contributed by atoms with Crippen LogP contribution in [0.15, 0.2) is 29.1 Å². The van der Waals surface area contributed by atoms with Gasteiger partial charge in [-0.15, -0.1) is 0 Å². The third kappa shape index (κ3) is 7.31. The molecule has 2 aliphatic rings. The van der Waals surface area contributed by atoms with Crippen LogP contribution in [0, 0.1) is 0 Å². The van der Waals surface area contributed by atoms with Crippen molar-refractivity contribution < 1.29 is 42.1 Å². The summed E-state index contributed by atoms with van der Waals surface area (Å²) in [5, 5.41) is 23.4. The Hall–Kier alpha value is -4.42. The molecule has 2 aliphatic heterocycles. The number of nitrogen functional groups attached to an aromatic ring is 1. The lowest BCUT2D eigenvalue weighted by Gasteiger charge is -2.31. The number of carboxylic acid groups (broad SMARTS) is 2. The minimum absolute atomic E-state index is 0.0394. The molecule has 1 aromatic heterocycles. The van der Waals surface area contributed by atoms with Crippen LogP contribution >= 0.6 is 0 Å². The summed E-state index contributed by atoms with van der Waals surface area (Å²) in [5.74, 6) is -2.55. The topological polar surface area (TPSA) is 269 Å². The van der Waals surface area contributed by atoms with E-state index in [1.54, 1.807) is 24.3 Å². The van der Waals surface area contributed by atoms with E-state index < -0.39 is 34.3 Å². The number of nitrogens with two attached hydrogens (primary N) is 1. The molecular weight excluding hydrogens is 530 g/mol. The molecule has 0 bridgehead atoms. The van der Waals surface area contributed by atoms with E-state index in [1.165, 1.54) is 0 Å². The molecule has 1 aromatic carbocycles. The first-order valence-electron chi connectivity index (χ1n) is 10.9. The smallest absolute Gasteiger partial charge is 0.394 e. The molecule has 1 unspecified atom stereocenters. The number of anilines is 4. The Balaban J connectivity index is 0.000000732. The van der Waals surface area contributed by atoms with Crippen molar-refractivity contribution in [2.24, 2.45) is 0 Å². The zero-order chi connectivity index (χ0) is 28.2. The second kappa shape index (κ2) is 11.3. The predicted octanol–water partition coefficient (Wildman–Crippen LogP) is -1.17. The summed E-state index contributed by atoms with van der Waals surface area (Å²) in [4.78, 5) is 57.5. The van der Waals surface area contributed by atoms with Crippen LogP contribution in [0.5, 0.6) is 0 Å². The molecule has 2 aromatic rings. The third-order valence-corrected chi connectivity index (χ3v) is 5.65. The number of aliphatic carboxylic acids is 2. The van der Waals surface area contributed by atoms with Crippen molar-refractivity contribution >= 4 is 51.4 Å². The van der Waals surface area contributed by atoms with Gasteiger partial charge in [0.25, 0.3) is 11.5 Å². The van der Waals surface area contributed by atoms with E-state index in [9.17, 15) is 24.3 Å². The molecule has 1 amide bonds. The highest BCUT2D eigenvalue weighted by molar-refractivity contribution is 7.79. The van der Waals surface area contributed by atoms with Crippen molar-refractivity contribution in [3.8, 4) is 0 Å². The van der Waals surface area contributed by atoms with Crippen LogP contribution < -0.4 is 31.7 Å². The Morgan fingerprint density at radius 2 is 1.82 bits per heavy atom. The van der Waals surface area contributed by atoms with Gasteiger partial charge < -0.3 is 36.4 Å². The van der Waals surface area contributed by atoms with Gasteiger partial charge in [-0.1, -0.05) is 0 Å². The molecule has 38 heavy (non-hydrogen) atoms. The minimum atomic E-state index is -4.67. The molecule has 0 saturated carbocycles. The summed E-state index contributed by atoms with van der Waals surface area (Å²) >= 11 is 0. The standard InChI is InChI=1S/C20H23N7O6.H2O4S/c21-20-24-16-15(18(31)25-20)27-9-26(8-12(27)7-22-16)11-3-1-10(2-4-11)17(30)23-13(19(32)33)5-6-14(28)29;1-5(2,3)4/h1-4,12-13H,5-9H2,(H,23,30)(H,28,29)(H,32,33)(H4,21,22,24,25,31);(H2,1,2,3,4)/t12-,13?;/m0./s1. The number of aromatic amines is 1. The summed E-state index contributed by atoms with van der Waals surface area (Å²) in [6.45, 7) is 1.67. The number of H-pyrrole nitrogens is 1. The Morgan fingerprint density at radius 3 is 2.39 bits per heavy atom. The molecule has 9 N–H and O–H groups in total.